The summed E-state index contributed by atoms with van der Waals surface area (Å²) in [7, 11) is 1.56. The van der Waals surface area contributed by atoms with E-state index >= 15 is 0 Å². The summed E-state index contributed by atoms with van der Waals surface area (Å²) in [5.74, 6) is 0.689. The van der Waals surface area contributed by atoms with Crippen LogP contribution in [-0.4, -0.2) is 29.3 Å². The van der Waals surface area contributed by atoms with Crippen molar-refractivity contribution in [3.63, 3.8) is 0 Å². The number of nitrogens with zero attached hydrogens (tertiary/aromatic N) is 3. The number of hydrogen-bond acceptors (Lipinski definition) is 7. The molecule has 0 unspecified atom stereocenters. The minimum Gasteiger partial charge on any atom is -0.482 e. The van der Waals surface area contributed by atoms with Gasteiger partial charge in [0.05, 0.1) is 18.5 Å². The second-order valence-electron chi connectivity index (χ2n) is 7.65. The molecule has 0 saturated carbocycles. The van der Waals surface area contributed by atoms with E-state index in [2.05, 4.69) is 9.98 Å². The molecule has 4 rings (SSSR count). The Bertz CT molecular complexity index is 1260. The smallest absolute Gasteiger partial charge is 0.213 e. The van der Waals surface area contributed by atoms with Crippen LogP contribution >= 0.6 is 0 Å². The third-order valence-corrected chi connectivity index (χ3v) is 5.53. The molecule has 2 aromatic heterocycles. The number of nitrogens with two attached hydrogens (primary N) is 2. The first-order valence-corrected chi connectivity index (χ1v) is 10.7. The van der Waals surface area contributed by atoms with Gasteiger partial charge in [0, 0.05) is 41.9 Å². The third kappa shape index (κ3) is 4.37. The minimum atomic E-state index is -0.536. The zero-order chi connectivity index (χ0) is 23.5. The van der Waals surface area contributed by atoms with Crippen LogP contribution in [0.15, 0.2) is 59.4 Å². The number of rotatable bonds is 2. The van der Waals surface area contributed by atoms with Gasteiger partial charge in [-0.2, -0.15) is 0 Å². The van der Waals surface area contributed by atoms with Gasteiger partial charge in [-0.3, -0.25) is 4.99 Å². The number of allylic oxidation sites excluding steroid dienone is 1. The normalized spacial score (nSPS) is 18.0. The van der Waals surface area contributed by atoms with Gasteiger partial charge in [-0.15, -0.1) is 0 Å². The van der Waals surface area contributed by atoms with E-state index in [1.165, 1.54) is 12.1 Å². The average molecular weight is 448 g/mol. The summed E-state index contributed by atoms with van der Waals surface area (Å²) < 4.78 is 25.9. The van der Waals surface area contributed by atoms with Crippen molar-refractivity contribution in [3.8, 4) is 22.9 Å². The number of aromatic nitrogens is 2. The summed E-state index contributed by atoms with van der Waals surface area (Å²) in [5, 5.41) is 0. The quantitative estimate of drug-likeness (QED) is 0.609. The number of ether oxygens (including phenoxy) is 2. The van der Waals surface area contributed by atoms with Crippen LogP contribution in [0.4, 0.5) is 10.2 Å². The molecule has 8 heteroatoms. The number of hydrogen-bond donors (Lipinski definition) is 2. The van der Waals surface area contributed by atoms with E-state index in [0.717, 1.165) is 22.3 Å². The van der Waals surface area contributed by atoms with Gasteiger partial charge in [0.1, 0.15) is 11.9 Å². The van der Waals surface area contributed by atoms with E-state index in [1.54, 1.807) is 37.7 Å². The molecule has 0 radical (unpaired) electrons. The van der Waals surface area contributed by atoms with Crippen LogP contribution in [-0.2, 0) is 6.42 Å². The number of nitrogen functional groups attached to an aromatic ring is 1. The predicted octanol–water partition coefficient (Wildman–Crippen LogP) is 4.22. The molecule has 170 valence electrons. The monoisotopic (exact) mass is 447 g/mol. The van der Waals surface area contributed by atoms with Gasteiger partial charge in [0.25, 0.3) is 0 Å². The van der Waals surface area contributed by atoms with Crippen LogP contribution in [0.1, 0.15) is 36.6 Å². The Morgan fingerprint density at radius 3 is 2.82 bits per heavy atom. The van der Waals surface area contributed by atoms with E-state index in [0.29, 0.717) is 41.6 Å². The van der Waals surface area contributed by atoms with Gasteiger partial charge in [0.15, 0.2) is 11.6 Å². The Hall–Kier alpha value is -3.94. The largest absolute Gasteiger partial charge is 0.482 e. The number of benzene rings is 1. The predicted molar refractivity (Wildman–Crippen MR) is 127 cm³/mol. The van der Waals surface area contributed by atoms with E-state index in [4.69, 9.17) is 25.9 Å². The summed E-state index contributed by atoms with van der Waals surface area (Å²) in [5.41, 5.74) is 17.3. The Labute approximate surface area is 192 Å². The maximum absolute atomic E-state index is 14.3. The molecule has 0 spiro atoms. The molecule has 0 fully saturated rings. The number of anilines is 1. The summed E-state index contributed by atoms with van der Waals surface area (Å²) in [4.78, 5) is 13.7. The van der Waals surface area contributed by atoms with Gasteiger partial charge in [-0.1, -0.05) is 6.07 Å². The molecular weight excluding hydrogens is 421 g/mol. The standard InChI is InChI=1S/C25H26FN5O2/c1-4-29-23-16(12-27)9-15-5-8-22(32-3)31-24(15)19-7-6-18(26)11-20(19)14(2)33-21-10-17(23)13-30-25(21)28/h5-8,10-14H,4,9,27H2,1-3H3,(H2,28,30)/t14-/m1/s1. The molecule has 0 amide bonds. The van der Waals surface area contributed by atoms with Crippen molar-refractivity contribution in [2.75, 3.05) is 19.4 Å². The first kappa shape index (κ1) is 22.3. The molecule has 2 bridgehead atoms. The van der Waals surface area contributed by atoms with Gasteiger partial charge in [-0.05, 0) is 55.4 Å². The highest BCUT2D eigenvalue weighted by Gasteiger charge is 2.23. The molecule has 1 aliphatic heterocycles. The summed E-state index contributed by atoms with van der Waals surface area (Å²) in [6.07, 6.45) is 3.11. The second kappa shape index (κ2) is 9.28. The van der Waals surface area contributed by atoms with Crippen molar-refractivity contribution < 1.29 is 13.9 Å². The van der Waals surface area contributed by atoms with Crippen molar-refractivity contribution in [2.24, 2.45) is 10.7 Å². The molecular formula is C25H26FN5O2. The number of aliphatic imine (C=N–C) groups is 1. The molecule has 1 atom stereocenters. The van der Waals surface area contributed by atoms with Crippen molar-refractivity contribution in [3.05, 3.63) is 76.9 Å². The highest BCUT2D eigenvalue weighted by atomic mass is 19.1. The molecule has 0 aliphatic carbocycles. The van der Waals surface area contributed by atoms with E-state index in [-0.39, 0.29) is 11.6 Å². The Morgan fingerprint density at radius 1 is 1.27 bits per heavy atom. The van der Waals surface area contributed by atoms with Crippen LogP contribution in [0.5, 0.6) is 11.6 Å². The molecule has 1 aromatic carbocycles. The Kier molecular flexibility index (Phi) is 6.26. The first-order valence-electron chi connectivity index (χ1n) is 10.7. The Balaban J connectivity index is 2.03. The van der Waals surface area contributed by atoms with Crippen LogP contribution in [0.3, 0.4) is 0 Å². The first-order chi connectivity index (χ1) is 15.9. The van der Waals surface area contributed by atoms with Crippen molar-refractivity contribution >= 4 is 11.5 Å². The lowest BCUT2D eigenvalue weighted by molar-refractivity contribution is 0.227. The number of methoxy groups -OCH3 is 1. The highest BCUT2D eigenvalue weighted by Crippen LogP contribution is 2.36. The second-order valence-corrected chi connectivity index (χ2v) is 7.65. The highest BCUT2D eigenvalue weighted by molar-refractivity contribution is 6.13. The van der Waals surface area contributed by atoms with E-state index in [9.17, 15) is 4.39 Å². The van der Waals surface area contributed by atoms with Gasteiger partial charge in [-0.25, -0.2) is 14.4 Å². The van der Waals surface area contributed by atoms with Crippen molar-refractivity contribution in [2.45, 2.75) is 26.4 Å². The zero-order valence-electron chi connectivity index (χ0n) is 18.8. The van der Waals surface area contributed by atoms with Crippen LogP contribution in [0, 0.1) is 5.82 Å². The molecule has 0 saturated heterocycles. The lowest BCUT2D eigenvalue weighted by Crippen LogP contribution is -2.15. The van der Waals surface area contributed by atoms with Crippen molar-refractivity contribution in [1.82, 2.24) is 9.97 Å². The third-order valence-electron chi connectivity index (χ3n) is 5.53. The van der Waals surface area contributed by atoms with Gasteiger partial charge >= 0.3 is 0 Å². The SMILES string of the molecule is CCN=C1C(=CN)Cc2ccc(OC)nc2-c2ccc(F)cc2[C@@H](C)Oc2cc1cnc2N. The molecule has 3 aromatic rings. The van der Waals surface area contributed by atoms with E-state index < -0.39 is 6.10 Å². The molecule has 7 nitrogen and oxygen atoms in total. The maximum atomic E-state index is 14.3. The Morgan fingerprint density at radius 2 is 2.09 bits per heavy atom. The average Bonchev–Trinajstić information content (AvgIpc) is 2.82. The molecule has 1 aliphatic rings. The summed E-state index contributed by atoms with van der Waals surface area (Å²) in [6, 6.07) is 10.1. The number of pyridine rings is 2. The van der Waals surface area contributed by atoms with Crippen molar-refractivity contribution in [1.29, 1.82) is 0 Å². The fourth-order valence-corrected chi connectivity index (χ4v) is 3.94. The number of halogens is 1. The molecule has 4 N–H and O–H groups in total. The zero-order valence-corrected chi connectivity index (χ0v) is 18.8. The fraction of sp³-hybridized carbons (Fsp3) is 0.240. The summed E-state index contributed by atoms with van der Waals surface area (Å²) >= 11 is 0. The summed E-state index contributed by atoms with van der Waals surface area (Å²) in [6.45, 7) is 4.34. The van der Waals surface area contributed by atoms with Crippen LogP contribution < -0.4 is 20.9 Å². The number of fused-ring (bicyclic) bond motifs is 5. The minimum absolute atomic E-state index is 0.231. The molecule has 3 heterocycles. The lowest BCUT2D eigenvalue weighted by Gasteiger charge is -2.23. The van der Waals surface area contributed by atoms with Crippen LogP contribution in [0.2, 0.25) is 0 Å². The maximum Gasteiger partial charge on any atom is 0.213 e. The molecule has 33 heavy (non-hydrogen) atoms. The van der Waals surface area contributed by atoms with E-state index in [1.807, 2.05) is 19.9 Å². The van der Waals surface area contributed by atoms with Gasteiger partial charge in [0.2, 0.25) is 5.88 Å². The lowest BCUT2D eigenvalue weighted by atomic mass is 9.91. The fourth-order valence-electron chi connectivity index (χ4n) is 3.94. The van der Waals surface area contributed by atoms with Gasteiger partial charge < -0.3 is 20.9 Å². The van der Waals surface area contributed by atoms with Crippen LogP contribution in [0.25, 0.3) is 11.3 Å². The topological polar surface area (TPSA) is 109 Å².